The number of carboxylic acid groups (broad SMARTS) is 1. The Morgan fingerprint density at radius 1 is 1.47 bits per heavy atom. The Kier molecular flexibility index (Phi) is 2.92. The Morgan fingerprint density at radius 2 is 2.07 bits per heavy atom. The van der Waals surface area contributed by atoms with Gasteiger partial charge in [-0.2, -0.15) is 13.2 Å². The fourth-order valence-corrected chi connectivity index (χ4v) is 0.906. The molecule has 0 aliphatic carbocycles. The van der Waals surface area contributed by atoms with Crippen LogP contribution in [-0.2, 0) is 11.2 Å². The van der Waals surface area contributed by atoms with Crippen LogP contribution in [0.15, 0.2) is 12.3 Å². The van der Waals surface area contributed by atoms with Gasteiger partial charge in [-0.25, -0.2) is 14.2 Å². The van der Waals surface area contributed by atoms with E-state index < -0.39 is 35.6 Å². The first-order valence-electron chi connectivity index (χ1n) is 3.74. The lowest BCUT2D eigenvalue weighted by atomic mass is 10.1. The van der Waals surface area contributed by atoms with Gasteiger partial charge < -0.3 is 5.11 Å². The third-order valence-corrected chi connectivity index (χ3v) is 1.65. The Hall–Kier alpha value is -1.66. The van der Waals surface area contributed by atoms with E-state index in [1.807, 2.05) is 0 Å². The highest BCUT2D eigenvalue weighted by Crippen LogP contribution is 2.22. The SMILES string of the molecule is O=C(O)C(F)(F)Cc1ccnc(F)c1F. The average Bonchev–Trinajstić information content (AvgIpc) is 2.12. The Labute approximate surface area is 81.4 Å². The number of alkyl halides is 2. The minimum Gasteiger partial charge on any atom is -0.477 e. The van der Waals surface area contributed by atoms with Crippen molar-refractivity contribution in [2.24, 2.45) is 0 Å². The molecule has 0 radical (unpaired) electrons. The quantitative estimate of drug-likeness (QED) is 0.625. The number of hydrogen-bond acceptors (Lipinski definition) is 2. The minimum absolute atomic E-state index is 0.727. The lowest BCUT2D eigenvalue weighted by Crippen LogP contribution is -2.31. The molecule has 0 fully saturated rings. The number of halogens is 4. The van der Waals surface area contributed by atoms with Gasteiger partial charge in [0.15, 0.2) is 5.82 Å². The third kappa shape index (κ3) is 2.42. The first kappa shape index (κ1) is 11.4. The summed E-state index contributed by atoms with van der Waals surface area (Å²) in [4.78, 5) is 12.9. The highest BCUT2D eigenvalue weighted by atomic mass is 19.3. The number of carboxylic acids is 1. The summed E-state index contributed by atoms with van der Waals surface area (Å²) in [5.41, 5.74) is -0.727. The molecular formula is C8H5F4NO2. The molecule has 0 saturated heterocycles. The Balaban J connectivity index is 3.00. The number of aliphatic carboxylic acids is 1. The zero-order valence-electron chi connectivity index (χ0n) is 7.18. The van der Waals surface area contributed by atoms with Gasteiger partial charge in [0, 0.05) is 11.8 Å². The van der Waals surface area contributed by atoms with Crippen molar-refractivity contribution in [1.82, 2.24) is 4.98 Å². The largest absolute Gasteiger partial charge is 0.477 e. The van der Waals surface area contributed by atoms with Gasteiger partial charge in [0.2, 0.25) is 5.95 Å². The zero-order valence-corrected chi connectivity index (χ0v) is 7.18. The molecule has 1 aromatic rings. The molecule has 7 heteroatoms. The maximum Gasteiger partial charge on any atom is 0.374 e. The fraction of sp³-hybridized carbons (Fsp3) is 0.250. The number of pyridine rings is 1. The van der Waals surface area contributed by atoms with Crippen LogP contribution in [0.1, 0.15) is 5.56 Å². The number of nitrogens with zero attached hydrogens (tertiary/aromatic N) is 1. The Bertz CT molecular complexity index is 394. The second-order valence-corrected chi connectivity index (χ2v) is 2.76. The van der Waals surface area contributed by atoms with E-state index in [1.54, 1.807) is 0 Å². The van der Waals surface area contributed by atoms with Crippen LogP contribution in [0.2, 0.25) is 0 Å². The number of hydrogen-bond donors (Lipinski definition) is 1. The molecule has 0 saturated carbocycles. The second kappa shape index (κ2) is 3.84. The van der Waals surface area contributed by atoms with Crippen LogP contribution in [0.4, 0.5) is 17.6 Å². The van der Waals surface area contributed by atoms with Crippen molar-refractivity contribution in [2.45, 2.75) is 12.3 Å². The topological polar surface area (TPSA) is 50.2 Å². The predicted molar refractivity (Wildman–Crippen MR) is 40.4 cm³/mol. The molecule has 0 atom stereocenters. The number of rotatable bonds is 3. The summed E-state index contributed by atoms with van der Waals surface area (Å²) in [5.74, 6) is -9.61. The summed E-state index contributed by atoms with van der Waals surface area (Å²) in [6, 6.07) is 0.801. The zero-order chi connectivity index (χ0) is 11.6. The second-order valence-electron chi connectivity index (χ2n) is 2.76. The first-order chi connectivity index (χ1) is 6.84. The van der Waals surface area contributed by atoms with Crippen molar-refractivity contribution >= 4 is 5.97 Å². The number of carbonyl (C=O) groups is 1. The molecule has 0 bridgehead atoms. The molecule has 0 amide bonds. The minimum atomic E-state index is -4.13. The van der Waals surface area contributed by atoms with Crippen LogP contribution >= 0.6 is 0 Å². The van der Waals surface area contributed by atoms with Crippen molar-refractivity contribution < 1.29 is 27.5 Å². The molecule has 1 heterocycles. The van der Waals surface area contributed by atoms with Crippen LogP contribution in [0.3, 0.4) is 0 Å². The van der Waals surface area contributed by atoms with E-state index in [2.05, 4.69) is 4.98 Å². The van der Waals surface area contributed by atoms with Gasteiger partial charge in [0.05, 0.1) is 6.42 Å². The van der Waals surface area contributed by atoms with Crippen molar-refractivity contribution in [3.05, 3.63) is 29.6 Å². The summed E-state index contributed by atoms with van der Waals surface area (Å²) < 4.78 is 50.6. The molecule has 0 unspecified atom stereocenters. The van der Waals surface area contributed by atoms with Gasteiger partial charge in [0.25, 0.3) is 0 Å². The highest BCUT2D eigenvalue weighted by Gasteiger charge is 2.39. The summed E-state index contributed by atoms with van der Waals surface area (Å²) >= 11 is 0. The van der Waals surface area contributed by atoms with Crippen LogP contribution in [0.5, 0.6) is 0 Å². The van der Waals surface area contributed by atoms with Crippen LogP contribution in [-0.4, -0.2) is 22.0 Å². The predicted octanol–water partition coefficient (Wildman–Crippen LogP) is 1.62. The van der Waals surface area contributed by atoms with E-state index in [1.165, 1.54) is 0 Å². The Morgan fingerprint density at radius 3 is 2.60 bits per heavy atom. The van der Waals surface area contributed by atoms with Gasteiger partial charge in [-0.3, -0.25) is 0 Å². The summed E-state index contributed by atoms with van der Waals surface area (Å²) in [6.45, 7) is 0. The van der Waals surface area contributed by atoms with Gasteiger partial charge in [-0.1, -0.05) is 0 Å². The maximum absolute atomic E-state index is 12.8. The van der Waals surface area contributed by atoms with E-state index in [9.17, 15) is 22.4 Å². The van der Waals surface area contributed by atoms with E-state index in [4.69, 9.17) is 5.11 Å². The third-order valence-electron chi connectivity index (χ3n) is 1.65. The molecule has 0 aliphatic heterocycles. The molecule has 15 heavy (non-hydrogen) atoms. The smallest absolute Gasteiger partial charge is 0.374 e. The molecule has 0 spiro atoms. The van der Waals surface area contributed by atoms with Crippen molar-refractivity contribution in [2.75, 3.05) is 0 Å². The lowest BCUT2D eigenvalue weighted by molar-refractivity contribution is -0.164. The van der Waals surface area contributed by atoms with Gasteiger partial charge in [0.1, 0.15) is 0 Å². The van der Waals surface area contributed by atoms with Gasteiger partial charge in [-0.15, -0.1) is 0 Å². The van der Waals surface area contributed by atoms with Crippen LogP contribution in [0.25, 0.3) is 0 Å². The molecule has 1 N–H and O–H groups in total. The van der Waals surface area contributed by atoms with E-state index in [0.29, 0.717) is 0 Å². The summed E-state index contributed by atoms with van der Waals surface area (Å²) in [7, 11) is 0. The molecule has 82 valence electrons. The molecular weight excluding hydrogens is 218 g/mol. The number of aromatic nitrogens is 1. The van der Waals surface area contributed by atoms with E-state index in [0.717, 1.165) is 12.3 Å². The first-order valence-corrected chi connectivity index (χ1v) is 3.74. The van der Waals surface area contributed by atoms with Crippen molar-refractivity contribution in [3.8, 4) is 0 Å². The van der Waals surface area contributed by atoms with Crippen LogP contribution in [0, 0.1) is 11.8 Å². The molecule has 0 aromatic carbocycles. The fourth-order valence-electron chi connectivity index (χ4n) is 0.906. The van der Waals surface area contributed by atoms with Gasteiger partial charge >= 0.3 is 11.9 Å². The van der Waals surface area contributed by atoms with Crippen molar-refractivity contribution in [1.29, 1.82) is 0 Å². The monoisotopic (exact) mass is 223 g/mol. The summed E-state index contributed by atoms with van der Waals surface area (Å²) in [5, 5.41) is 8.08. The molecule has 1 aromatic heterocycles. The molecule has 0 aliphatic rings. The highest BCUT2D eigenvalue weighted by molar-refractivity contribution is 5.75. The summed E-state index contributed by atoms with van der Waals surface area (Å²) in [6.07, 6.45) is -0.626. The van der Waals surface area contributed by atoms with Crippen molar-refractivity contribution in [3.63, 3.8) is 0 Å². The van der Waals surface area contributed by atoms with Gasteiger partial charge in [-0.05, 0) is 6.07 Å². The lowest BCUT2D eigenvalue weighted by Gasteiger charge is -2.11. The average molecular weight is 223 g/mol. The maximum atomic E-state index is 12.8. The normalized spacial score (nSPS) is 11.5. The standard InChI is InChI=1S/C8H5F4NO2/c9-5-4(1-2-13-6(5)10)3-8(11,12)7(14)15/h1-2H,3H2,(H,14,15). The van der Waals surface area contributed by atoms with E-state index in [-0.39, 0.29) is 0 Å². The molecule has 1 rings (SSSR count). The molecule has 3 nitrogen and oxygen atoms in total. The van der Waals surface area contributed by atoms with E-state index >= 15 is 0 Å². The van der Waals surface area contributed by atoms with Crippen LogP contribution < -0.4 is 0 Å².